The Balaban J connectivity index is 2.24. The topological polar surface area (TPSA) is 77.5 Å². The molecule has 1 N–H and O–H groups in total. The lowest BCUT2D eigenvalue weighted by Crippen LogP contribution is -2.34. The van der Waals surface area contributed by atoms with Gasteiger partial charge in [0.25, 0.3) is 0 Å². The lowest BCUT2D eigenvalue weighted by Gasteiger charge is -2.22. The van der Waals surface area contributed by atoms with Crippen LogP contribution in [0.25, 0.3) is 0 Å². The largest absolute Gasteiger partial charge is 0.461 e. The second-order valence-electron chi connectivity index (χ2n) is 4.96. The van der Waals surface area contributed by atoms with Crippen molar-refractivity contribution >= 4 is 28.2 Å². The minimum Gasteiger partial charge on any atom is -0.461 e. The van der Waals surface area contributed by atoms with Gasteiger partial charge in [-0.2, -0.15) is 0 Å². The van der Waals surface area contributed by atoms with Gasteiger partial charge in [0.1, 0.15) is 4.88 Å². The monoisotopic (exact) mass is 298 g/mol. The molecule has 1 atom stereocenters. The minimum absolute atomic E-state index is 0.0920. The van der Waals surface area contributed by atoms with Gasteiger partial charge in [0.05, 0.1) is 18.8 Å². The van der Waals surface area contributed by atoms with Crippen molar-refractivity contribution in [3.63, 3.8) is 0 Å². The van der Waals surface area contributed by atoms with Gasteiger partial charge in [-0.3, -0.25) is 4.79 Å². The number of aromatic nitrogens is 1. The molecule has 1 aromatic rings. The summed E-state index contributed by atoms with van der Waals surface area (Å²) in [7, 11) is 0. The van der Waals surface area contributed by atoms with E-state index in [1.807, 2.05) is 6.92 Å². The number of Topliss-reactive ketones (excluding diaryl/α,β-unsaturated/α-hetero) is 1. The van der Waals surface area contributed by atoms with Crippen LogP contribution in [0, 0.1) is 0 Å². The van der Waals surface area contributed by atoms with E-state index >= 15 is 0 Å². The van der Waals surface area contributed by atoms with E-state index in [2.05, 4.69) is 10.3 Å². The molecule has 0 bridgehead atoms. The molecule has 110 valence electrons. The highest BCUT2D eigenvalue weighted by atomic mass is 32.1. The van der Waals surface area contributed by atoms with Crippen LogP contribution in [0.5, 0.6) is 0 Å². The number of ketones is 1. The number of esters is 1. The molecule has 1 aliphatic heterocycles. The van der Waals surface area contributed by atoms with Crippen molar-refractivity contribution in [2.75, 3.05) is 25.1 Å². The fourth-order valence-corrected chi connectivity index (χ4v) is 2.97. The molecule has 0 aliphatic carbocycles. The average molecular weight is 298 g/mol. The Kier molecular flexibility index (Phi) is 4.39. The number of anilines is 1. The van der Waals surface area contributed by atoms with Crippen molar-refractivity contribution in [3.05, 3.63) is 10.6 Å². The summed E-state index contributed by atoms with van der Waals surface area (Å²) < 4.78 is 10.3. The molecule has 0 aromatic carbocycles. The standard InChI is InChI=1S/C13H18N2O4S/c1-4-19-11(17)9-10(8(2)16)20-12(14-9)15-13(3)5-6-18-7-13/h4-7H2,1-3H3,(H,14,15). The molecule has 6 nitrogen and oxygen atoms in total. The molecule has 20 heavy (non-hydrogen) atoms. The van der Waals surface area contributed by atoms with Crippen LogP contribution in [0.3, 0.4) is 0 Å². The van der Waals surface area contributed by atoms with Gasteiger partial charge in [-0.25, -0.2) is 9.78 Å². The van der Waals surface area contributed by atoms with Crippen molar-refractivity contribution in [2.45, 2.75) is 32.7 Å². The Labute approximate surface area is 121 Å². The Morgan fingerprint density at radius 2 is 2.30 bits per heavy atom. The normalized spacial score (nSPS) is 21.8. The van der Waals surface area contributed by atoms with Gasteiger partial charge in [0.15, 0.2) is 16.6 Å². The van der Waals surface area contributed by atoms with E-state index in [-0.39, 0.29) is 23.6 Å². The maximum Gasteiger partial charge on any atom is 0.358 e. The maximum atomic E-state index is 11.8. The van der Waals surface area contributed by atoms with Gasteiger partial charge in [-0.05, 0) is 20.3 Å². The molecule has 0 amide bonds. The van der Waals surface area contributed by atoms with E-state index in [0.29, 0.717) is 23.2 Å². The molecule has 1 fully saturated rings. The molecule has 1 saturated heterocycles. The summed E-state index contributed by atoms with van der Waals surface area (Å²) in [5, 5.41) is 3.80. The number of hydrogen-bond acceptors (Lipinski definition) is 7. The predicted octanol–water partition coefficient (Wildman–Crippen LogP) is 2.11. The van der Waals surface area contributed by atoms with Crippen LogP contribution in [0.15, 0.2) is 0 Å². The van der Waals surface area contributed by atoms with Crippen LogP contribution < -0.4 is 5.32 Å². The first-order valence-electron chi connectivity index (χ1n) is 6.50. The molecule has 1 aromatic heterocycles. The summed E-state index contributed by atoms with van der Waals surface area (Å²) in [4.78, 5) is 28.0. The molecule has 7 heteroatoms. The van der Waals surface area contributed by atoms with Gasteiger partial charge >= 0.3 is 5.97 Å². The fraction of sp³-hybridized carbons (Fsp3) is 0.615. The number of ether oxygens (including phenoxy) is 2. The number of hydrogen-bond donors (Lipinski definition) is 1. The van der Waals surface area contributed by atoms with E-state index in [4.69, 9.17) is 9.47 Å². The van der Waals surface area contributed by atoms with Crippen molar-refractivity contribution in [2.24, 2.45) is 0 Å². The van der Waals surface area contributed by atoms with Gasteiger partial charge in [0, 0.05) is 13.5 Å². The first kappa shape index (κ1) is 14.9. The third-order valence-corrected chi connectivity index (χ3v) is 4.11. The van der Waals surface area contributed by atoms with Crippen LogP contribution in [-0.4, -0.2) is 42.1 Å². The molecular formula is C13H18N2O4S. The highest BCUT2D eigenvalue weighted by Gasteiger charge is 2.32. The SMILES string of the molecule is CCOC(=O)c1nc(NC2(C)CCOC2)sc1C(C)=O. The molecule has 1 unspecified atom stereocenters. The summed E-state index contributed by atoms with van der Waals surface area (Å²) in [6.07, 6.45) is 0.858. The van der Waals surface area contributed by atoms with Gasteiger partial charge < -0.3 is 14.8 Å². The van der Waals surface area contributed by atoms with E-state index in [1.165, 1.54) is 18.3 Å². The van der Waals surface area contributed by atoms with Crippen molar-refractivity contribution < 1.29 is 19.1 Å². The second-order valence-corrected chi connectivity index (χ2v) is 5.96. The van der Waals surface area contributed by atoms with Crippen molar-refractivity contribution in [3.8, 4) is 0 Å². The third kappa shape index (κ3) is 3.16. The fourth-order valence-electron chi connectivity index (χ4n) is 1.97. The number of carbonyl (C=O) groups excluding carboxylic acids is 2. The molecule has 1 aliphatic rings. The summed E-state index contributed by atoms with van der Waals surface area (Å²) in [6, 6.07) is 0. The Hall–Kier alpha value is -1.47. The maximum absolute atomic E-state index is 11.8. The Morgan fingerprint density at radius 3 is 2.85 bits per heavy atom. The molecule has 0 radical (unpaired) electrons. The van der Waals surface area contributed by atoms with E-state index in [1.54, 1.807) is 6.92 Å². The van der Waals surface area contributed by atoms with Gasteiger partial charge in [0.2, 0.25) is 0 Å². The quantitative estimate of drug-likeness (QED) is 0.662. The summed E-state index contributed by atoms with van der Waals surface area (Å²) in [5.74, 6) is -0.749. The molecule has 2 heterocycles. The highest BCUT2D eigenvalue weighted by molar-refractivity contribution is 7.17. The van der Waals surface area contributed by atoms with Crippen LogP contribution in [0.1, 0.15) is 47.4 Å². The zero-order valence-electron chi connectivity index (χ0n) is 11.8. The third-order valence-electron chi connectivity index (χ3n) is 3.04. The van der Waals surface area contributed by atoms with Crippen LogP contribution in [0.4, 0.5) is 5.13 Å². The second kappa shape index (κ2) is 5.88. The first-order valence-corrected chi connectivity index (χ1v) is 7.31. The van der Waals surface area contributed by atoms with Crippen LogP contribution >= 0.6 is 11.3 Å². The number of nitrogens with one attached hydrogen (secondary N) is 1. The Bertz CT molecular complexity index is 520. The summed E-state index contributed by atoms with van der Waals surface area (Å²) >= 11 is 1.18. The van der Waals surface area contributed by atoms with Gasteiger partial charge in [-0.15, -0.1) is 0 Å². The highest BCUT2D eigenvalue weighted by Crippen LogP contribution is 2.29. The van der Waals surface area contributed by atoms with Crippen LogP contribution in [-0.2, 0) is 9.47 Å². The van der Waals surface area contributed by atoms with Crippen LogP contribution in [0.2, 0.25) is 0 Å². The number of carbonyl (C=O) groups is 2. The lowest BCUT2D eigenvalue weighted by molar-refractivity contribution is 0.0517. The lowest BCUT2D eigenvalue weighted by atomic mass is 10.0. The van der Waals surface area contributed by atoms with E-state index in [9.17, 15) is 9.59 Å². The van der Waals surface area contributed by atoms with Crippen molar-refractivity contribution in [1.29, 1.82) is 0 Å². The van der Waals surface area contributed by atoms with Crippen molar-refractivity contribution in [1.82, 2.24) is 4.98 Å². The number of nitrogens with zero attached hydrogens (tertiary/aromatic N) is 1. The van der Waals surface area contributed by atoms with E-state index < -0.39 is 5.97 Å². The smallest absolute Gasteiger partial charge is 0.358 e. The molecular weight excluding hydrogens is 280 g/mol. The molecule has 0 spiro atoms. The first-order chi connectivity index (χ1) is 9.45. The van der Waals surface area contributed by atoms with E-state index in [0.717, 1.165) is 6.42 Å². The summed E-state index contributed by atoms with van der Waals surface area (Å²) in [6.45, 7) is 6.69. The van der Waals surface area contributed by atoms with Gasteiger partial charge in [-0.1, -0.05) is 11.3 Å². The minimum atomic E-state index is -0.560. The average Bonchev–Trinajstić information content (AvgIpc) is 2.97. The number of rotatable bonds is 5. The molecule has 0 saturated carbocycles. The number of thiazole rings is 1. The zero-order valence-corrected chi connectivity index (χ0v) is 12.6. The predicted molar refractivity (Wildman–Crippen MR) is 75.5 cm³/mol. The molecule has 2 rings (SSSR count). The zero-order chi connectivity index (χ0) is 14.8. The summed E-state index contributed by atoms with van der Waals surface area (Å²) in [5.41, 5.74) is -0.118. The Morgan fingerprint density at radius 1 is 1.55 bits per heavy atom.